The quantitative estimate of drug-likeness (QED) is 0.939. The molecule has 0 saturated carbocycles. The fraction of sp³-hybridized carbons (Fsp3) is 0.474. The Bertz CT molecular complexity index is 697. The summed E-state index contributed by atoms with van der Waals surface area (Å²) < 4.78 is 1.91. The lowest BCUT2D eigenvalue weighted by molar-refractivity contribution is 0.0691. The molecule has 1 fully saturated rings. The van der Waals surface area contributed by atoms with Gasteiger partial charge in [-0.05, 0) is 76.5 Å². The van der Waals surface area contributed by atoms with Crippen molar-refractivity contribution in [2.45, 2.75) is 26.7 Å². The molecular formula is C19H26N4O. The number of likely N-dealkylation sites (tertiary alicyclic amines) is 1. The van der Waals surface area contributed by atoms with Crippen molar-refractivity contribution in [3.63, 3.8) is 0 Å². The Balaban J connectivity index is 1.67. The van der Waals surface area contributed by atoms with Crippen LogP contribution in [0.4, 0.5) is 0 Å². The first-order valence-corrected chi connectivity index (χ1v) is 8.66. The van der Waals surface area contributed by atoms with Gasteiger partial charge in [0.05, 0.1) is 11.4 Å². The minimum absolute atomic E-state index is 0.137. The molecule has 1 N–H and O–H groups in total. The standard InChI is InChI=1S/C19H26N4O/c1-14-12-15(2)23(21-14)18-6-4-17(5-7-18)19(24)22-10-8-16(9-11-22)13-20-3/h4-7,12,16,20H,8-11,13H2,1-3H3. The van der Waals surface area contributed by atoms with Crippen LogP contribution in [0.15, 0.2) is 30.3 Å². The molecule has 3 rings (SSSR count). The van der Waals surface area contributed by atoms with Crippen molar-refractivity contribution in [3.05, 3.63) is 47.3 Å². The first-order valence-electron chi connectivity index (χ1n) is 8.66. The van der Waals surface area contributed by atoms with E-state index in [0.717, 1.165) is 55.1 Å². The molecule has 1 amide bonds. The van der Waals surface area contributed by atoms with Crippen LogP contribution in [0.2, 0.25) is 0 Å². The second-order valence-corrected chi connectivity index (χ2v) is 6.68. The van der Waals surface area contributed by atoms with Gasteiger partial charge in [-0.1, -0.05) is 0 Å². The number of amides is 1. The Morgan fingerprint density at radius 1 is 1.21 bits per heavy atom. The normalized spacial score (nSPS) is 15.7. The second kappa shape index (κ2) is 7.18. The van der Waals surface area contributed by atoms with Crippen molar-refractivity contribution in [1.29, 1.82) is 0 Å². The number of hydrogen-bond acceptors (Lipinski definition) is 3. The van der Waals surface area contributed by atoms with Gasteiger partial charge < -0.3 is 10.2 Å². The average molecular weight is 326 g/mol. The van der Waals surface area contributed by atoms with Crippen LogP contribution in [0.25, 0.3) is 5.69 Å². The lowest BCUT2D eigenvalue weighted by atomic mass is 9.96. The molecule has 2 aromatic rings. The number of carbonyl (C=O) groups excluding carboxylic acids is 1. The van der Waals surface area contributed by atoms with E-state index in [1.165, 1.54) is 0 Å². The number of carbonyl (C=O) groups is 1. The molecule has 0 spiro atoms. The van der Waals surface area contributed by atoms with E-state index in [1.54, 1.807) is 0 Å². The van der Waals surface area contributed by atoms with Gasteiger partial charge in [0.15, 0.2) is 0 Å². The highest BCUT2D eigenvalue weighted by atomic mass is 16.2. The molecule has 1 aromatic heterocycles. The number of nitrogens with zero attached hydrogens (tertiary/aromatic N) is 3. The first-order chi connectivity index (χ1) is 11.6. The summed E-state index contributed by atoms with van der Waals surface area (Å²) >= 11 is 0. The highest BCUT2D eigenvalue weighted by molar-refractivity contribution is 5.94. The van der Waals surface area contributed by atoms with Gasteiger partial charge in [0.1, 0.15) is 0 Å². The van der Waals surface area contributed by atoms with Gasteiger partial charge in [0.2, 0.25) is 0 Å². The third-order valence-electron chi connectivity index (χ3n) is 4.76. The summed E-state index contributed by atoms with van der Waals surface area (Å²) in [6, 6.07) is 9.82. The van der Waals surface area contributed by atoms with Gasteiger partial charge in [-0.3, -0.25) is 4.79 Å². The molecule has 5 nitrogen and oxygen atoms in total. The van der Waals surface area contributed by atoms with E-state index < -0.39 is 0 Å². The SMILES string of the molecule is CNCC1CCN(C(=O)c2ccc(-n3nc(C)cc3C)cc2)CC1. The van der Waals surface area contributed by atoms with E-state index in [4.69, 9.17) is 0 Å². The molecule has 0 radical (unpaired) electrons. The Morgan fingerprint density at radius 2 is 1.88 bits per heavy atom. The van der Waals surface area contributed by atoms with E-state index in [-0.39, 0.29) is 5.91 Å². The summed E-state index contributed by atoms with van der Waals surface area (Å²) in [6.07, 6.45) is 2.16. The van der Waals surface area contributed by atoms with Crippen LogP contribution in [-0.4, -0.2) is 47.3 Å². The Hall–Kier alpha value is -2.14. The zero-order valence-corrected chi connectivity index (χ0v) is 14.7. The first kappa shape index (κ1) is 16.7. The van der Waals surface area contributed by atoms with Crippen LogP contribution in [-0.2, 0) is 0 Å². The van der Waals surface area contributed by atoms with Crippen molar-refractivity contribution >= 4 is 5.91 Å². The number of rotatable bonds is 4. The smallest absolute Gasteiger partial charge is 0.253 e. The number of aryl methyl sites for hydroxylation is 2. The fourth-order valence-electron chi connectivity index (χ4n) is 3.45. The maximum absolute atomic E-state index is 12.7. The predicted molar refractivity (Wildman–Crippen MR) is 95.6 cm³/mol. The van der Waals surface area contributed by atoms with Gasteiger partial charge >= 0.3 is 0 Å². The third kappa shape index (κ3) is 3.51. The summed E-state index contributed by atoms with van der Waals surface area (Å²) in [6.45, 7) is 6.77. The Labute approximate surface area is 143 Å². The van der Waals surface area contributed by atoms with Crippen LogP contribution in [0.5, 0.6) is 0 Å². The summed E-state index contributed by atoms with van der Waals surface area (Å²) in [5, 5.41) is 7.72. The van der Waals surface area contributed by atoms with Crippen molar-refractivity contribution in [3.8, 4) is 5.69 Å². The summed E-state index contributed by atoms with van der Waals surface area (Å²) in [5.41, 5.74) is 3.84. The van der Waals surface area contributed by atoms with Crippen LogP contribution < -0.4 is 5.32 Å². The lowest BCUT2D eigenvalue weighted by Gasteiger charge is -2.32. The Morgan fingerprint density at radius 3 is 2.42 bits per heavy atom. The zero-order valence-electron chi connectivity index (χ0n) is 14.7. The second-order valence-electron chi connectivity index (χ2n) is 6.68. The number of aromatic nitrogens is 2. The fourth-order valence-corrected chi connectivity index (χ4v) is 3.45. The maximum atomic E-state index is 12.7. The highest BCUT2D eigenvalue weighted by Crippen LogP contribution is 2.19. The predicted octanol–water partition coefficient (Wildman–Crippen LogP) is 2.56. The summed E-state index contributed by atoms with van der Waals surface area (Å²) in [5.74, 6) is 0.824. The molecule has 1 saturated heterocycles. The number of nitrogens with one attached hydrogen (secondary N) is 1. The van der Waals surface area contributed by atoms with Gasteiger partial charge in [-0.15, -0.1) is 0 Å². The molecule has 1 aliphatic rings. The zero-order chi connectivity index (χ0) is 17.1. The topological polar surface area (TPSA) is 50.2 Å². The monoisotopic (exact) mass is 326 g/mol. The highest BCUT2D eigenvalue weighted by Gasteiger charge is 2.23. The molecular weight excluding hydrogens is 300 g/mol. The molecule has 1 aliphatic heterocycles. The maximum Gasteiger partial charge on any atom is 0.253 e. The molecule has 128 valence electrons. The molecule has 0 atom stereocenters. The minimum Gasteiger partial charge on any atom is -0.339 e. The number of hydrogen-bond donors (Lipinski definition) is 1. The van der Waals surface area contributed by atoms with E-state index >= 15 is 0 Å². The molecule has 0 unspecified atom stereocenters. The Kier molecular flexibility index (Phi) is 5.00. The van der Waals surface area contributed by atoms with Crippen molar-refractivity contribution in [1.82, 2.24) is 20.0 Å². The number of piperidine rings is 1. The van der Waals surface area contributed by atoms with Crippen molar-refractivity contribution < 1.29 is 4.79 Å². The molecule has 24 heavy (non-hydrogen) atoms. The van der Waals surface area contributed by atoms with Gasteiger partial charge in [-0.25, -0.2) is 4.68 Å². The van der Waals surface area contributed by atoms with Gasteiger partial charge in [0.25, 0.3) is 5.91 Å². The average Bonchev–Trinajstić information content (AvgIpc) is 2.94. The molecule has 1 aromatic carbocycles. The van der Waals surface area contributed by atoms with Crippen molar-refractivity contribution in [2.24, 2.45) is 5.92 Å². The van der Waals surface area contributed by atoms with E-state index in [1.807, 2.05) is 60.8 Å². The van der Waals surface area contributed by atoms with Gasteiger partial charge in [-0.2, -0.15) is 5.10 Å². The van der Waals surface area contributed by atoms with E-state index in [0.29, 0.717) is 5.92 Å². The molecule has 5 heteroatoms. The van der Waals surface area contributed by atoms with Crippen LogP contribution in [0.1, 0.15) is 34.6 Å². The van der Waals surface area contributed by atoms with Crippen molar-refractivity contribution in [2.75, 3.05) is 26.7 Å². The minimum atomic E-state index is 0.137. The third-order valence-corrected chi connectivity index (χ3v) is 4.76. The van der Waals surface area contributed by atoms with Crippen LogP contribution in [0.3, 0.4) is 0 Å². The lowest BCUT2D eigenvalue weighted by Crippen LogP contribution is -2.40. The largest absolute Gasteiger partial charge is 0.339 e. The molecule has 2 heterocycles. The summed E-state index contributed by atoms with van der Waals surface area (Å²) in [4.78, 5) is 14.6. The summed E-state index contributed by atoms with van der Waals surface area (Å²) in [7, 11) is 1.99. The van der Waals surface area contributed by atoms with Crippen LogP contribution >= 0.6 is 0 Å². The number of benzene rings is 1. The molecule has 0 bridgehead atoms. The van der Waals surface area contributed by atoms with E-state index in [2.05, 4.69) is 10.4 Å². The van der Waals surface area contributed by atoms with E-state index in [9.17, 15) is 4.79 Å². The van der Waals surface area contributed by atoms with Gasteiger partial charge in [0, 0.05) is 24.3 Å². The van der Waals surface area contributed by atoms with Crippen LogP contribution in [0, 0.1) is 19.8 Å². The molecule has 0 aliphatic carbocycles.